The number of likely N-dealkylation sites (N-methyl/N-ethyl adjacent to an activating group) is 1. The molecule has 36 heavy (non-hydrogen) atoms. The molecule has 4 N–H and O–H groups in total. The number of rotatable bonds is 12. The van der Waals surface area contributed by atoms with E-state index in [4.69, 9.17) is 25.2 Å². The molecule has 198 valence electrons. The monoisotopic (exact) mass is 522 g/mol. The van der Waals surface area contributed by atoms with Gasteiger partial charge in [0.05, 0.1) is 12.8 Å². The molecule has 0 radical (unpaired) electrons. The molecule has 2 heterocycles. The molecule has 2 aromatic rings. The maximum absolute atomic E-state index is 10.3. The van der Waals surface area contributed by atoms with Crippen LogP contribution in [0.5, 0.6) is 5.75 Å². The van der Waals surface area contributed by atoms with E-state index in [2.05, 4.69) is 66.5 Å². The van der Waals surface area contributed by atoms with Crippen LogP contribution in [0.25, 0.3) is 0 Å². The molecule has 1 aromatic heterocycles. The van der Waals surface area contributed by atoms with Crippen LogP contribution in [0.3, 0.4) is 0 Å². The fraction of sp³-hybridized carbons (Fsp3) is 0.480. The summed E-state index contributed by atoms with van der Waals surface area (Å²) in [6.07, 6.45) is -0.939. The Bertz CT molecular complexity index is 1010. The Labute approximate surface area is 214 Å². The van der Waals surface area contributed by atoms with Gasteiger partial charge in [-0.2, -0.15) is 0 Å². The summed E-state index contributed by atoms with van der Waals surface area (Å²) in [5.41, 5.74) is 0.00736. The van der Waals surface area contributed by atoms with Gasteiger partial charge < -0.3 is 30.1 Å². The Morgan fingerprint density at radius 2 is 1.72 bits per heavy atom. The Balaban J connectivity index is 0.000000302. The number of carboxylic acid groups (broad SMARTS) is 3. The molecule has 0 bridgehead atoms. The lowest BCUT2D eigenvalue weighted by molar-refractivity contribution is -0.170. The lowest BCUT2D eigenvalue weighted by Crippen LogP contribution is -2.42. The van der Waals surface area contributed by atoms with Crippen molar-refractivity contribution in [3.8, 4) is 5.75 Å². The Morgan fingerprint density at radius 3 is 2.25 bits per heavy atom. The third-order valence-corrected chi connectivity index (χ3v) is 6.34. The van der Waals surface area contributed by atoms with E-state index < -0.39 is 36.4 Å². The summed E-state index contributed by atoms with van der Waals surface area (Å²) < 4.78 is 5.81. The van der Waals surface area contributed by atoms with E-state index in [0.717, 1.165) is 38.3 Å². The average molecular weight is 523 g/mol. The lowest BCUT2D eigenvalue weighted by atomic mass is 9.96. The van der Waals surface area contributed by atoms with Crippen LogP contribution in [-0.2, 0) is 33.9 Å². The minimum atomic E-state index is -2.74. The van der Waals surface area contributed by atoms with Gasteiger partial charge in [0.1, 0.15) is 11.9 Å². The molecule has 10 nitrogen and oxygen atoms in total. The van der Waals surface area contributed by atoms with Gasteiger partial charge in [0.2, 0.25) is 0 Å². The molecule has 0 saturated carbocycles. The summed E-state index contributed by atoms with van der Waals surface area (Å²) in [7, 11) is 4.27. The van der Waals surface area contributed by atoms with E-state index in [9.17, 15) is 14.4 Å². The molecule has 1 aromatic carbocycles. The van der Waals surface area contributed by atoms with Crippen LogP contribution in [0.15, 0.2) is 35.7 Å². The molecule has 3 rings (SSSR count). The molecule has 1 aliphatic heterocycles. The highest BCUT2D eigenvalue weighted by molar-refractivity contribution is 7.09. The number of fused-ring (bicyclic) bond motifs is 1. The molecule has 11 heteroatoms. The first kappa shape index (κ1) is 29.2. The molecule has 0 fully saturated rings. The molecule has 0 spiro atoms. The fourth-order valence-corrected chi connectivity index (χ4v) is 4.47. The van der Waals surface area contributed by atoms with Gasteiger partial charge in [0, 0.05) is 37.5 Å². The largest absolute Gasteiger partial charge is 0.490 e. The fourth-order valence-electron chi connectivity index (χ4n) is 3.72. The van der Waals surface area contributed by atoms with Crippen molar-refractivity contribution in [2.24, 2.45) is 0 Å². The second-order valence-electron chi connectivity index (χ2n) is 9.15. The number of aliphatic hydroxyl groups is 1. The van der Waals surface area contributed by atoms with Crippen molar-refractivity contribution < 1.29 is 39.5 Å². The molecule has 1 atom stereocenters. The Kier molecular flexibility index (Phi) is 10.8. The van der Waals surface area contributed by atoms with Crippen LogP contribution < -0.4 is 4.74 Å². The zero-order valence-electron chi connectivity index (χ0n) is 20.7. The highest BCUT2D eigenvalue weighted by atomic mass is 32.1. The van der Waals surface area contributed by atoms with Gasteiger partial charge in [0.15, 0.2) is 5.60 Å². The third-order valence-electron chi connectivity index (χ3n) is 5.48. The lowest BCUT2D eigenvalue weighted by Gasteiger charge is -2.24. The molecular formula is C25H34N2O8S. The number of hydrogen-bond acceptors (Lipinski definition) is 8. The number of nitrogens with zero attached hydrogens (tertiary/aromatic N) is 2. The van der Waals surface area contributed by atoms with Crippen molar-refractivity contribution in [2.75, 3.05) is 27.2 Å². The molecule has 0 saturated heterocycles. The minimum absolute atomic E-state index is 0.316. The average Bonchev–Trinajstić information content (AvgIpc) is 3.39. The maximum atomic E-state index is 10.3. The molecular weight excluding hydrogens is 488 g/mol. The van der Waals surface area contributed by atoms with E-state index >= 15 is 0 Å². The number of carboxylic acids is 3. The number of aliphatic carboxylic acids is 3. The number of benzene rings is 1. The first-order valence-electron chi connectivity index (χ1n) is 11.4. The zero-order chi connectivity index (χ0) is 26.9. The molecule has 0 aliphatic carbocycles. The van der Waals surface area contributed by atoms with Crippen molar-refractivity contribution in [3.05, 3.63) is 51.7 Å². The van der Waals surface area contributed by atoms with Crippen LogP contribution in [0, 0.1) is 0 Å². The topological polar surface area (TPSA) is 148 Å². The highest BCUT2D eigenvalue weighted by Crippen LogP contribution is 2.30. The maximum Gasteiger partial charge on any atom is 0.336 e. The highest BCUT2D eigenvalue weighted by Gasteiger charge is 2.40. The van der Waals surface area contributed by atoms with Gasteiger partial charge in [-0.3, -0.25) is 14.5 Å². The molecule has 1 unspecified atom stereocenters. The first-order chi connectivity index (χ1) is 16.9. The summed E-state index contributed by atoms with van der Waals surface area (Å²) >= 11 is 1.84. The standard InChI is InChI=1S/C19H26N2OS.C6H8O7/c1-15-11-17-12-16(6-7-19(17)22-15)13-21(9-8-20(2)3)14-18-5-4-10-23-18;7-3(8)1-6(13,5(11)12)2-4(9)10/h4-7,10,12,15H,8-9,11,13-14H2,1-3H3;13H,1-2H2,(H,7,8)(H,9,10)(H,11,12). The van der Waals surface area contributed by atoms with Crippen molar-refractivity contribution in [1.29, 1.82) is 0 Å². The normalized spacial score (nSPS) is 14.7. The number of ether oxygens (including phenoxy) is 1. The van der Waals surface area contributed by atoms with Gasteiger partial charge in [0.25, 0.3) is 0 Å². The van der Waals surface area contributed by atoms with Crippen molar-refractivity contribution in [1.82, 2.24) is 9.80 Å². The third kappa shape index (κ3) is 9.57. The molecule has 1 aliphatic rings. The van der Waals surface area contributed by atoms with Gasteiger partial charge in [-0.1, -0.05) is 18.2 Å². The van der Waals surface area contributed by atoms with Crippen molar-refractivity contribution in [2.45, 2.75) is 51.0 Å². The van der Waals surface area contributed by atoms with E-state index in [0.29, 0.717) is 6.10 Å². The predicted molar refractivity (Wildman–Crippen MR) is 134 cm³/mol. The number of thiophene rings is 1. The Hall–Kier alpha value is -2.99. The quantitative estimate of drug-likeness (QED) is 0.327. The van der Waals surface area contributed by atoms with Gasteiger partial charge >= 0.3 is 17.9 Å². The van der Waals surface area contributed by atoms with Crippen molar-refractivity contribution >= 4 is 29.2 Å². The summed E-state index contributed by atoms with van der Waals surface area (Å²) in [5, 5.41) is 36.0. The zero-order valence-corrected chi connectivity index (χ0v) is 21.5. The van der Waals surface area contributed by atoms with Gasteiger partial charge in [-0.25, -0.2) is 4.79 Å². The van der Waals surface area contributed by atoms with Crippen LogP contribution in [0.2, 0.25) is 0 Å². The second kappa shape index (κ2) is 13.4. The van der Waals surface area contributed by atoms with E-state index in [1.54, 1.807) is 0 Å². The van der Waals surface area contributed by atoms with Crippen LogP contribution in [0.1, 0.15) is 35.8 Å². The van der Waals surface area contributed by atoms with Gasteiger partial charge in [-0.15, -0.1) is 11.3 Å². The first-order valence-corrected chi connectivity index (χ1v) is 12.3. The van der Waals surface area contributed by atoms with Crippen LogP contribution >= 0.6 is 11.3 Å². The van der Waals surface area contributed by atoms with E-state index in [1.165, 1.54) is 16.0 Å². The predicted octanol–water partition coefficient (Wildman–Crippen LogP) is 2.39. The van der Waals surface area contributed by atoms with Crippen molar-refractivity contribution in [3.63, 3.8) is 0 Å². The summed E-state index contributed by atoms with van der Waals surface area (Å²) in [4.78, 5) is 36.7. The summed E-state index contributed by atoms with van der Waals surface area (Å²) in [6.45, 7) is 6.31. The smallest absolute Gasteiger partial charge is 0.336 e. The Morgan fingerprint density at radius 1 is 1.06 bits per heavy atom. The molecule has 0 amide bonds. The minimum Gasteiger partial charge on any atom is -0.490 e. The van der Waals surface area contributed by atoms with Crippen LogP contribution in [0.4, 0.5) is 0 Å². The number of hydrogen-bond donors (Lipinski definition) is 4. The SMILES string of the molecule is CC1Cc2cc(CN(CCN(C)C)Cc3cccs3)ccc2O1.O=C(O)CC(O)(CC(=O)O)C(=O)O. The summed E-state index contributed by atoms with van der Waals surface area (Å²) in [6, 6.07) is 11.1. The van der Waals surface area contributed by atoms with Gasteiger partial charge in [-0.05, 0) is 49.7 Å². The van der Waals surface area contributed by atoms with E-state index in [-0.39, 0.29) is 0 Å². The van der Waals surface area contributed by atoms with Crippen LogP contribution in [-0.4, -0.2) is 87.0 Å². The van der Waals surface area contributed by atoms with E-state index in [1.807, 2.05) is 11.3 Å². The second-order valence-corrected chi connectivity index (χ2v) is 10.2. The number of carbonyl (C=O) groups is 3. The summed E-state index contributed by atoms with van der Waals surface area (Å²) in [5.74, 6) is -3.95.